The molecule has 0 bridgehead atoms. The third kappa shape index (κ3) is 4.19. The van der Waals surface area contributed by atoms with E-state index in [1.165, 1.54) is 21.3 Å². The Hall–Kier alpha value is -0.420. The third-order valence-corrected chi connectivity index (χ3v) is 3.69. The quantitative estimate of drug-likeness (QED) is 0.518. The van der Waals surface area contributed by atoms with Crippen LogP contribution in [-0.2, 0) is 23.1 Å². The zero-order chi connectivity index (χ0) is 11.2. The molecule has 6 nitrogen and oxygen atoms in total. The number of ether oxygens (including phenoxy) is 1. The fourth-order valence-corrected chi connectivity index (χ4v) is 1.93. The van der Waals surface area contributed by atoms with Crippen molar-refractivity contribution >= 4 is 13.6 Å². The lowest BCUT2D eigenvalue weighted by Gasteiger charge is -2.15. The molecule has 0 aromatic rings. The minimum Gasteiger partial charge on any atom is -0.468 e. The van der Waals surface area contributed by atoms with Gasteiger partial charge in [-0.05, 0) is 6.42 Å². The zero-order valence-corrected chi connectivity index (χ0v) is 9.45. The Morgan fingerprint density at radius 2 is 1.86 bits per heavy atom. The maximum absolute atomic E-state index is 11.5. The molecule has 0 fully saturated rings. The third-order valence-electron chi connectivity index (χ3n) is 1.77. The summed E-state index contributed by atoms with van der Waals surface area (Å²) in [5.74, 6) is -0.538. The first-order valence-corrected chi connectivity index (χ1v) is 5.76. The van der Waals surface area contributed by atoms with Crippen molar-refractivity contribution in [1.82, 2.24) is 0 Å². The summed E-state index contributed by atoms with van der Waals surface area (Å²) in [7, 11) is 0.743. The van der Waals surface area contributed by atoms with Crippen molar-refractivity contribution in [3.8, 4) is 0 Å². The average molecular weight is 225 g/mol. The van der Waals surface area contributed by atoms with Crippen LogP contribution in [-0.4, -0.2) is 39.5 Å². The molecule has 0 aliphatic heterocycles. The summed E-state index contributed by atoms with van der Waals surface area (Å²) in [5.41, 5.74) is 5.44. The van der Waals surface area contributed by atoms with Gasteiger partial charge >= 0.3 is 13.6 Å². The van der Waals surface area contributed by atoms with Gasteiger partial charge in [-0.25, -0.2) is 0 Å². The molecule has 1 unspecified atom stereocenters. The van der Waals surface area contributed by atoms with Crippen molar-refractivity contribution in [2.45, 2.75) is 12.5 Å². The van der Waals surface area contributed by atoms with Crippen LogP contribution < -0.4 is 5.73 Å². The van der Waals surface area contributed by atoms with Gasteiger partial charge in [-0.3, -0.25) is 9.36 Å². The molecule has 0 rings (SSSR count). The highest BCUT2D eigenvalue weighted by atomic mass is 31.2. The second-order valence-electron chi connectivity index (χ2n) is 2.62. The molecule has 14 heavy (non-hydrogen) atoms. The van der Waals surface area contributed by atoms with Crippen molar-refractivity contribution in [3.05, 3.63) is 0 Å². The minimum absolute atomic E-state index is 0.0935. The van der Waals surface area contributed by atoms with Crippen LogP contribution in [0.4, 0.5) is 0 Å². The van der Waals surface area contributed by atoms with Gasteiger partial charge in [0.05, 0.1) is 13.3 Å². The topological polar surface area (TPSA) is 87.9 Å². The Balaban J connectivity index is 4.04. The average Bonchev–Trinajstić information content (AvgIpc) is 2.24. The Labute approximate surface area is 83.2 Å². The second kappa shape index (κ2) is 6.14. The van der Waals surface area contributed by atoms with Gasteiger partial charge in [-0.1, -0.05) is 0 Å². The lowest BCUT2D eigenvalue weighted by atomic mass is 10.2. The van der Waals surface area contributed by atoms with Gasteiger partial charge in [0.25, 0.3) is 0 Å². The van der Waals surface area contributed by atoms with E-state index in [1.807, 2.05) is 0 Å². The number of carbonyl (C=O) groups excluding carboxylic acids is 1. The number of hydrogen-bond donors (Lipinski definition) is 1. The van der Waals surface area contributed by atoms with E-state index in [9.17, 15) is 9.36 Å². The van der Waals surface area contributed by atoms with Gasteiger partial charge in [0.1, 0.15) is 6.04 Å². The van der Waals surface area contributed by atoms with E-state index in [1.54, 1.807) is 0 Å². The van der Waals surface area contributed by atoms with Gasteiger partial charge in [-0.2, -0.15) is 0 Å². The van der Waals surface area contributed by atoms with Crippen LogP contribution in [0.5, 0.6) is 0 Å². The van der Waals surface area contributed by atoms with E-state index in [0.29, 0.717) is 0 Å². The van der Waals surface area contributed by atoms with E-state index in [-0.39, 0.29) is 12.6 Å². The summed E-state index contributed by atoms with van der Waals surface area (Å²) in [6.07, 6.45) is 0.294. The predicted molar refractivity (Wildman–Crippen MR) is 51.1 cm³/mol. The number of rotatable bonds is 6. The number of esters is 1. The summed E-state index contributed by atoms with van der Waals surface area (Å²) in [6, 6.07) is -0.793. The molecular formula is C7H16NO5P. The van der Waals surface area contributed by atoms with Crippen molar-refractivity contribution in [2.75, 3.05) is 27.5 Å². The fraction of sp³-hybridized carbons (Fsp3) is 0.857. The molecule has 0 aromatic carbocycles. The van der Waals surface area contributed by atoms with Gasteiger partial charge in [0.15, 0.2) is 0 Å². The maximum Gasteiger partial charge on any atom is 0.330 e. The van der Waals surface area contributed by atoms with Gasteiger partial charge in [-0.15, -0.1) is 0 Å². The molecule has 2 N–H and O–H groups in total. The monoisotopic (exact) mass is 225 g/mol. The van der Waals surface area contributed by atoms with Crippen LogP contribution in [0.2, 0.25) is 0 Å². The van der Waals surface area contributed by atoms with Crippen molar-refractivity contribution in [2.24, 2.45) is 5.73 Å². The molecule has 0 aliphatic carbocycles. The number of hydrogen-bond acceptors (Lipinski definition) is 6. The Morgan fingerprint density at radius 1 is 1.36 bits per heavy atom. The van der Waals surface area contributed by atoms with Crippen LogP contribution in [0.25, 0.3) is 0 Å². The van der Waals surface area contributed by atoms with Crippen molar-refractivity contribution in [1.29, 1.82) is 0 Å². The molecule has 0 aromatic heterocycles. The smallest absolute Gasteiger partial charge is 0.330 e. The fourth-order valence-electron chi connectivity index (χ4n) is 0.824. The van der Waals surface area contributed by atoms with Gasteiger partial charge < -0.3 is 19.5 Å². The maximum atomic E-state index is 11.5. The molecule has 0 heterocycles. The van der Waals surface area contributed by atoms with Crippen LogP contribution in [0.1, 0.15) is 6.42 Å². The van der Waals surface area contributed by atoms with Crippen LogP contribution in [0.15, 0.2) is 0 Å². The molecule has 0 aliphatic rings. The van der Waals surface area contributed by atoms with E-state index >= 15 is 0 Å². The lowest BCUT2D eigenvalue weighted by Crippen LogP contribution is -2.32. The standard InChI is InChI=1S/C7H16NO5P/c1-11-7(9)6(8)4-5-14(10,12-2)13-3/h6H,4-5,8H2,1-3H3. The van der Waals surface area contributed by atoms with E-state index in [0.717, 1.165) is 0 Å². The normalized spacial score (nSPS) is 13.7. The van der Waals surface area contributed by atoms with E-state index < -0.39 is 19.6 Å². The molecule has 84 valence electrons. The summed E-state index contributed by atoms with van der Waals surface area (Å²) >= 11 is 0. The highest BCUT2D eigenvalue weighted by Crippen LogP contribution is 2.46. The zero-order valence-electron chi connectivity index (χ0n) is 8.56. The SMILES string of the molecule is COC(=O)C(N)CCP(=O)(OC)OC. The first kappa shape index (κ1) is 13.6. The Morgan fingerprint density at radius 3 is 2.21 bits per heavy atom. The van der Waals surface area contributed by atoms with Crippen LogP contribution in [0, 0.1) is 0 Å². The van der Waals surface area contributed by atoms with Gasteiger partial charge in [0, 0.05) is 14.2 Å². The number of carbonyl (C=O) groups is 1. The number of nitrogens with two attached hydrogens (primary N) is 1. The Bertz CT molecular complexity index is 224. The summed E-state index contributed by atoms with van der Waals surface area (Å²) < 4.78 is 25.3. The van der Waals surface area contributed by atoms with Crippen molar-refractivity contribution < 1.29 is 23.1 Å². The molecule has 0 radical (unpaired) electrons. The van der Waals surface area contributed by atoms with E-state index in [4.69, 9.17) is 5.73 Å². The van der Waals surface area contributed by atoms with Crippen molar-refractivity contribution in [3.63, 3.8) is 0 Å². The predicted octanol–water partition coefficient (Wildman–Crippen LogP) is 0.363. The molecular weight excluding hydrogens is 209 g/mol. The molecule has 1 atom stereocenters. The highest BCUT2D eigenvalue weighted by molar-refractivity contribution is 7.53. The largest absolute Gasteiger partial charge is 0.468 e. The molecule has 0 amide bonds. The molecule has 7 heteroatoms. The first-order chi connectivity index (χ1) is 6.49. The summed E-state index contributed by atoms with van der Waals surface area (Å²) in [4.78, 5) is 10.9. The summed E-state index contributed by atoms with van der Waals surface area (Å²) in [5, 5.41) is 0. The lowest BCUT2D eigenvalue weighted by molar-refractivity contribution is -0.142. The van der Waals surface area contributed by atoms with Crippen LogP contribution in [0.3, 0.4) is 0 Å². The highest BCUT2D eigenvalue weighted by Gasteiger charge is 2.24. The second-order valence-corrected chi connectivity index (χ2v) is 5.02. The molecule has 0 saturated carbocycles. The Kier molecular flexibility index (Phi) is 5.95. The van der Waals surface area contributed by atoms with E-state index in [2.05, 4.69) is 13.8 Å². The van der Waals surface area contributed by atoms with Crippen LogP contribution >= 0.6 is 7.60 Å². The number of methoxy groups -OCH3 is 1. The van der Waals surface area contributed by atoms with Gasteiger partial charge in [0.2, 0.25) is 0 Å². The first-order valence-electron chi connectivity index (χ1n) is 4.03. The molecule has 0 spiro atoms. The summed E-state index contributed by atoms with van der Waals surface area (Å²) in [6.45, 7) is 0. The minimum atomic E-state index is -3.07. The molecule has 0 saturated heterocycles.